The van der Waals surface area contributed by atoms with E-state index in [1.54, 1.807) is 5.32 Å². The number of nitrogens with one attached hydrogen (secondary N) is 1. The van der Waals surface area contributed by atoms with Crippen molar-refractivity contribution in [1.29, 1.82) is 0 Å². The Morgan fingerprint density at radius 3 is 2.00 bits per heavy atom. The van der Waals surface area contributed by atoms with Crippen molar-refractivity contribution >= 4 is 23.9 Å². The molecule has 0 saturated heterocycles. The summed E-state index contributed by atoms with van der Waals surface area (Å²) in [6, 6.07) is -2.38. The number of carbonyl (C=O) groups is 3. The highest BCUT2D eigenvalue weighted by molar-refractivity contribution is 6.38. The van der Waals surface area contributed by atoms with Gasteiger partial charge in [-0.15, -0.1) is 0 Å². The molecule has 0 saturated carbocycles. The number of carboxylic acids is 1. The molecule has 0 aliphatic rings. The van der Waals surface area contributed by atoms with Crippen LogP contribution in [0.5, 0.6) is 0 Å². The molecule has 0 fully saturated rings. The molecule has 12 heavy (non-hydrogen) atoms. The van der Waals surface area contributed by atoms with E-state index < -0.39 is 23.9 Å². The highest BCUT2D eigenvalue weighted by Crippen LogP contribution is 1.75. The average molecular weight is 174 g/mol. The van der Waals surface area contributed by atoms with Crippen LogP contribution in [0.4, 0.5) is 9.59 Å². The van der Waals surface area contributed by atoms with Crippen molar-refractivity contribution in [2.75, 3.05) is 0 Å². The molecule has 0 radical (unpaired) electrons. The second-order valence-corrected chi connectivity index (χ2v) is 1.59. The minimum atomic E-state index is -1.60. The third-order valence-corrected chi connectivity index (χ3v) is 0.666. The lowest BCUT2D eigenvalue weighted by molar-refractivity contribution is -0.129. The Bertz CT molecular complexity index is 258. The normalized spacial score (nSPS) is 10.5. The van der Waals surface area contributed by atoms with Gasteiger partial charge in [-0.1, -0.05) is 0 Å². The number of nitrogens with zero attached hydrogens (tertiary/aromatic N) is 1. The number of amidine groups is 1. The van der Waals surface area contributed by atoms with Crippen LogP contribution in [-0.4, -0.2) is 29.0 Å². The van der Waals surface area contributed by atoms with E-state index in [2.05, 4.69) is 16.5 Å². The number of primary amides is 2. The monoisotopic (exact) mass is 174 g/mol. The number of nitrogens with two attached hydrogens (primary N) is 2. The van der Waals surface area contributed by atoms with Crippen molar-refractivity contribution in [1.82, 2.24) is 5.32 Å². The number of aliphatic imine (C=N–C) groups is 1. The van der Waals surface area contributed by atoms with E-state index in [0.29, 0.717) is 0 Å². The van der Waals surface area contributed by atoms with Crippen LogP contribution >= 0.6 is 0 Å². The Morgan fingerprint density at radius 2 is 1.75 bits per heavy atom. The van der Waals surface area contributed by atoms with Crippen molar-refractivity contribution in [2.24, 2.45) is 16.5 Å². The fourth-order valence-electron chi connectivity index (χ4n) is 0.356. The number of urea groups is 2. The highest BCUT2D eigenvalue weighted by Gasteiger charge is 2.11. The van der Waals surface area contributed by atoms with Crippen molar-refractivity contribution < 1.29 is 19.5 Å². The summed E-state index contributed by atoms with van der Waals surface area (Å²) in [7, 11) is 0. The first-order valence-corrected chi connectivity index (χ1v) is 2.61. The van der Waals surface area contributed by atoms with Gasteiger partial charge in [-0.2, -0.15) is 4.99 Å². The zero-order valence-corrected chi connectivity index (χ0v) is 5.77. The summed E-state index contributed by atoms with van der Waals surface area (Å²) in [4.78, 5) is 33.1. The van der Waals surface area contributed by atoms with Crippen LogP contribution in [0.25, 0.3) is 0 Å². The number of aliphatic carboxylic acids is 1. The van der Waals surface area contributed by atoms with E-state index >= 15 is 0 Å². The molecule has 0 aliphatic heterocycles. The molecule has 8 heteroatoms. The molecule has 6 N–H and O–H groups in total. The van der Waals surface area contributed by atoms with E-state index in [1.165, 1.54) is 0 Å². The fraction of sp³-hybridized carbons (Fsp3) is 0. The minimum Gasteiger partial charge on any atom is -0.475 e. The van der Waals surface area contributed by atoms with E-state index in [-0.39, 0.29) is 0 Å². The molecule has 0 aliphatic carbocycles. The van der Waals surface area contributed by atoms with Gasteiger partial charge >= 0.3 is 18.0 Å². The van der Waals surface area contributed by atoms with Gasteiger partial charge in [-0.25, -0.2) is 14.4 Å². The third-order valence-electron chi connectivity index (χ3n) is 0.666. The van der Waals surface area contributed by atoms with Gasteiger partial charge < -0.3 is 16.6 Å². The fourth-order valence-corrected chi connectivity index (χ4v) is 0.356. The number of carbonyl (C=O) groups excluding carboxylic acids is 2. The second-order valence-electron chi connectivity index (χ2n) is 1.59. The van der Waals surface area contributed by atoms with Gasteiger partial charge in [0.15, 0.2) is 0 Å². The molecule has 0 unspecified atom stereocenters. The zero-order chi connectivity index (χ0) is 9.72. The van der Waals surface area contributed by atoms with E-state index in [0.717, 1.165) is 0 Å². The van der Waals surface area contributed by atoms with Crippen LogP contribution in [0.3, 0.4) is 0 Å². The van der Waals surface area contributed by atoms with Crippen LogP contribution in [0.15, 0.2) is 4.99 Å². The Hall–Kier alpha value is -2.12. The largest absolute Gasteiger partial charge is 0.475 e. The standard InChI is InChI=1S/C4H6N4O4/c5-3(11)7-1(2(9)10)8-4(6)12/h(H,9,10)(H5,5,6,7,8,11,12). The predicted octanol–water partition coefficient (Wildman–Crippen LogP) is -1.78. The molecule has 0 spiro atoms. The predicted molar refractivity (Wildman–Crippen MR) is 37.4 cm³/mol. The molecule has 0 bridgehead atoms. The number of hydrogen-bond acceptors (Lipinski definition) is 3. The maximum Gasteiger partial charge on any atom is 0.372 e. The number of amides is 4. The molecule has 4 amide bonds. The summed E-state index contributed by atoms with van der Waals surface area (Å²) in [5.74, 6) is -2.51. The van der Waals surface area contributed by atoms with Crippen molar-refractivity contribution in [2.45, 2.75) is 0 Å². The SMILES string of the molecule is NC(=O)/N=C(/NC(N)=O)C(=O)O. The van der Waals surface area contributed by atoms with E-state index in [1.807, 2.05) is 0 Å². The third kappa shape index (κ3) is 3.82. The molecule has 8 nitrogen and oxygen atoms in total. The zero-order valence-electron chi connectivity index (χ0n) is 5.77. The van der Waals surface area contributed by atoms with Gasteiger partial charge in [0.25, 0.3) is 0 Å². The van der Waals surface area contributed by atoms with Gasteiger partial charge in [0.2, 0.25) is 5.84 Å². The summed E-state index contributed by atoms with van der Waals surface area (Å²) in [6.45, 7) is 0. The lowest BCUT2D eigenvalue weighted by Crippen LogP contribution is -2.40. The van der Waals surface area contributed by atoms with Crippen LogP contribution in [0.2, 0.25) is 0 Å². The van der Waals surface area contributed by atoms with Crippen molar-refractivity contribution in [3.63, 3.8) is 0 Å². The van der Waals surface area contributed by atoms with Crippen molar-refractivity contribution in [3.05, 3.63) is 0 Å². The van der Waals surface area contributed by atoms with E-state index in [9.17, 15) is 14.4 Å². The summed E-state index contributed by atoms with van der Waals surface area (Å²) in [5, 5.41) is 9.86. The van der Waals surface area contributed by atoms with Gasteiger partial charge in [0, 0.05) is 0 Å². The lowest BCUT2D eigenvalue weighted by Gasteiger charge is -1.98. The first-order valence-electron chi connectivity index (χ1n) is 2.61. The average Bonchev–Trinajstić information content (AvgIpc) is 1.83. The van der Waals surface area contributed by atoms with Gasteiger partial charge in [-0.3, -0.25) is 5.32 Å². The molecule has 0 aromatic rings. The molecule has 0 atom stereocenters. The molecule has 0 rings (SSSR count). The van der Waals surface area contributed by atoms with Crippen LogP contribution in [0, 0.1) is 0 Å². The summed E-state index contributed by atoms with van der Waals surface area (Å²) < 4.78 is 0. The van der Waals surface area contributed by atoms with Crippen molar-refractivity contribution in [3.8, 4) is 0 Å². The maximum absolute atomic E-state index is 10.2. The van der Waals surface area contributed by atoms with Crippen LogP contribution in [-0.2, 0) is 4.79 Å². The lowest BCUT2D eigenvalue weighted by atomic mass is 10.6. The Labute approximate surface area is 66.2 Å². The highest BCUT2D eigenvalue weighted by atomic mass is 16.4. The Balaban J connectivity index is 4.55. The smallest absolute Gasteiger partial charge is 0.372 e. The van der Waals surface area contributed by atoms with Gasteiger partial charge in [0.05, 0.1) is 0 Å². The molecule has 0 aromatic carbocycles. The molecular weight excluding hydrogens is 168 g/mol. The summed E-state index contributed by atoms with van der Waals surface area (Å²) in [6.07, 6.45) is 0. The quantitative estimate of drug-likeness (QED) is 0.253. The topological polar surface area (TPSA) is 148 Å². The Kier molecular flexibility index (Phi) is 3.22. The molecular formula is C4H6N4O4. The number of rotatable bonds is 0. The van der Waals surface area contributed by atoms with Gasteiger partial charge in [-0.05, 0) is 0 Å². The molecule has 66 valence electrons. The first-order chi connectivity index (χ1) is 5.43. The van der Waals surface area contributed by atoms with Gasteiger partial charge in [0.1, 0.15) is 0 Å². The van der Waals surface area contributed by atoms with Crippen LogP contribution in [0.1, 0.15) is 0 Å². The van der Waals surface area contributed by atoms with E-state index in [4.69, 9.17) is 5.11 Å². The summed E-state index contributed by atoms with van der Waals surface area (Å²) in [5.41, 5.74) is 9.09. The summed E-state index contributed by atoms with van der Waals surface area (Å²) >= 11 is 0. The first kappa shape index (κ1) is 9.88. The second kappa shape index (κ2) is 3.91. The number of carboxylic acid groups (broad SMARTS) is 1. The Morgan fingerprint density at radius 1 is 1.25 bits per heavy atom. The number of hydrogen-bond donors (Lipinski definition) is 4. The van der Waals surface area contributed by atoms with Crippen LogP contribution < -0.4 is 16.8 Å². The molecule has 0 aromatic heterocycles. The maximum atomic E-state index is 10.2. The minimum absolute atomic E-state index is 0.907. The molecule has 0 heterocycles.